The van der Waals surface area contributed by atoms with Gasteiger partial charge in [0, 0.05) is 0 Å². The minimum atomic E-state index is -0.764. The van der Waals surface area contributed by atoms with E-state index in [1.165, 1.54) is 0 Å². The maximum absolute atomic E-state index is 10.9. The number of carbonyl (C=O) groups is 1. The number of rotatable bonds is 4. The molecule has 1 aromatic rings. The van der Waals surface area contributed by atoms with Crippen molar-refractivity contribution in [1.82, 2.24) is 0 Å². The molecule has 0 spiro atoms. The second-order valence-electron chi connectivity index (χ2n) is 5.83. The molecule has 0 fully saturated rings. The topological polar surface area (TPSA) is 55.8 Å². The molecule has 19 heavy (non-hydrogen) atoms. The molecule has 0 atom stereocenters. The van der Waals surface area contributed by atoms with Gasteiger partial charge in [0.05, 0.1) is 6.42 Å². The van der Waals surface area contributed by atoms with E-state index in [1.54, 1.807) is 0 Å². The first kappa shape index (κ1) is 13.7. The molecule has 0 radical (unpaired) electrons. The minimum Gasteiger partial charge on any atom is -0.486 e. The van der Waals surface area contributed by atoms with Crippen LogP contribution in [0.5, 0.6) is 11.5 Å². The van der Waals surface area contributed by atoms with Crippen LogP contribution in [0.3, 0.4) is 0 Å². The highest BCUT2D eigenvalue weighted by molar-refractivity contribution is 5.67. The standard InChI is InChI=1S/C15H20O4/c1-10-6-12-13(19-5-4-18-12)7-11(10)8-15(2,3)9-14(16)17/h6-7H,4-5,8-9H2,1-3H3,(H,16,17). The Hall–Kier alpha value is -1.71. The molecule has 0 unspecified atom stereocenters. The van der Waals surface area contributed by atoms with Crippen molar-refractivity contribution in [3.05, 3.63) is 23.3 Å². The molecule has 0 aromatic heterocycles. The summed E-state index contributed by atoms with van der Waals surface area (Å²) in [6, 6.07) is 3.95. The van der Waals surface area contributed by atoms with Crippen LogP contribution in [0, 0.1) is 12.3 Å². The number of aryl methyl sites for hydroxylation is 1. The van der Waals surface area contributed by atoms with Crippen LogP contribution in [0.1, 0.15) is 31.4 Å². The zero-order chi connectivity index (χ0) is 14.0. The first-order valence-corrected chi connectivity index (χ1v) is 6.48. The lowest BCUT2D eigenvalue weighted by Gasteiger charge is -2.25. The Balaban J connectivity index is 2.23. The molecule has 1 N–H and O–H groups in total. The van der Waals surface area contributed by atoms with Crippen molar-refractivity contribution >= 4 is 5.97 Å². The Morgan fingerprint density at radius 1 is 1.26 bits per heavy atom. The summed E-state index contributed by atoms with van der Waals surface area (Å²) < 4.78 is 11.1. The number of fused-ring (bicyclic) bond motifs is 1. The summed E-state index contributed by atoms with van der Waals surface area (Å²) in [6.07, 6.45) is 0.864. The summed E-state index contributed by atoms with van der Waals surface area (Å²) in [5.41, 5.74) is 1.96. The predicted molar refractivity (Wildman–Crippen MR) is 71.9 cm³/mol. The van der Waals surface area contributed by atoms with Gasteiger partial charge in [0.15, 0.2) is 11.5 Å². The predicted octanol–water partition coefficient (Wildman–Crippen LogP) is 2.81. The van der Waals surface area contributed by atoms with E-state index in [2.05, 4.69) is 0 Å². The van der Waals surface area contributed by atoms with E-state index in [4.69, 9.17) is 14.6 Å². The van der Waals surface area contributed by atoms with Crippen LogP contribution < -0.4 is 9.47 Å². The fourth-order valence-corrected chi connectivity index (χ4v) is 2.41. The maximum atomic E-state index is 10.9. The van der Waals surface area contributed by atoms with Gasteiger partial charge < -0.3 is 14.6 Å². The van der Waals surface area contributed by atoms with Gasteiger partial charge in [-0.1, -0.05) is 13.8 Å². The van der Waals surface area contributed by atoms with E-state index in [1.807, 2.05) is 32.9 Å². The number of hydrogen-bond donors (Lipinski definition) is 1. The quantitative estimate of drug-likeness (QED) is 0.908. The van der Waals surface area contributed by atoms with Crippen molar-refractivity contribution in [2.75, 3.05) is 13.2 Å². The molecule has 1 heterocycles. The molecule has 4 heteroatoms. The van der Waals surface area contributed by atoms with E-state index in [-0.39, 0.29) is 11.8 Å². The zero-order valence-electron chi connectivity index (χ0n) is 11.7. The average Bonchev–Trinajstić information content (AvgIpc) is 2.27. The number of hydrogen-bond acceptors (Lipinski definition) is 3. The van der Waals surface area contributed by atoms with Crippen LogP contribution in [0.4, 0.5) is 0 Å². The normalized spacial score (nSPS) is 14.3. The molecule has 2 rings (SSSR count). The number of carboxylic acid groups (broad SMARTS) is 1. The first-order chi connectivity index (χ1) is 8.87. The molecule has 0 amide bonds. The highest BCUT2D eigenvalue weighted by atomic mass is 16.6. The molecule has 104 valence electrons. The zero-order valence-corrected chi connectivity index (χ0v) is 11.7. The van der Waals surface area contributed by atoms with E-state index in [0.29, 0.717) is 19.6 Å². The van der Waals surface area contributed by atoms with E-state index in [9.17, 15) is 4.79 Å². The van der Waals surface area contributed by atoms with Gasteiger partial charge in [-0.15, -0.1) is 0 Å². The minimum absolute atomic E-state index is 0.154. The number of carboxylic acids is 1. The summed E-state index contributed by atoms with van der Waals surface area (Å²) in [6.45, 7) is 7.10. The fraction of sp³-hybridized carbons (Fsp3) is 0.533. The third-order valence-electron chi connectivity index (χ3n) is 3.30. The lowest BCUT2D eigenvalue weighted by molar-refractivity contribution is -0.139. The van der Waals surface area contributed by atoms with Crippen LogP contribution in [0.25, 0.3) is 0 Å². The maximum Gasteiger partial charge on any atom is 0.303 e. The Kier molecular flexibility index (Phi) is 3.69. The Morgan fingerprint density at radius 3 is 2.42 bits per heavy atom. The van der Waals surface area contributed by atoms with Crippen molar-refractivity contribution in [3.63, 3.8) is 0 Å². The molecule has 1 aliphatic heterocycles. The van der Waals surface area contributed by atoms with Crippen LogP contribution in [0.2, 0.25) is 0 Å². The molecular weight excluding hydrogens is 244 g/mol. The second kappa shape index (κ2) is 5.11. The smallest absolute Gasteiger partial charge is 0.303 e. The van der Waals surface area contributed by atoms with Gasteiger partial charge in [0.25, 0.3) is 0 Å². The van der Waals surface area contributed by atoms with Gasteiger partial charge in [-0.2, -0.15) is 0 Å². The molecule has 0 saturated heterocycles. The molecular formula is C15H20O4. The SMILES string of the molecule is Cc1cc2c(cc1CC(C)(C)CC(=O)O)OCCO2. The number of aliphatic carboxylic acids is 1. The highest BCUT2D eigenvalue weighted by Gasteiger charge is 2.24. The van der Waals surface area contributed by atoms with Crippen molar-refractivity contribution in [2.24, 2.45) is 5.41 Å². The van der Waals surface area contributed by atoms with E-state index in [0.717, 1.165) is 22.6 Å². The van der Waals surface area contributed by atoms with Crippen LogP contribution in [-0.4, -0.2) is 24.3 Å². The van der Waals surface area contributed by atoms with Gasteiger partial charge in [-0.05, 0) is 42.0 Å². The summed E-state index contributed by atoms with van der Waals surface area (Å²) in [5, 5.41) is 8.94. The summed E-state index contributed by atoms with van der Waals surface area (Å²) in [5.74, 6) is 0.779. The van der Waals surface area contributed by atoms with Gasteiger partial charge in [-0.3, -0.25) is 4.79 Å². The second-order valence-corrected chi connectivity index (χ2v) is 5.83. The fourth-order valence-electron chi connectivity index (χ4n) is 2.41. The summed E-state index contributed by atoms with van der Waals surface area (Å²) in [4.78, 5) is 10.9. The molecule has 0 bridgehead atoms. The molecule has 0 aliphatic carbocycles. The van der Waals surface area contributed by atoms with Gasteiger partial charge >= 0.3 is 5.97 Å². The monoisotopic (exact) mass is 264 g/mol. The number of benzene rings is 1. The van der Waals surface area contributed by atoms with E-state index >= 15 is 0 Å². The van der Waals surface area contributed by atoms with E-state index < -0.39 is 5.97 Å². The molecule has 0 saturated carbocycles. The Bertz CT molecular complexity index is 491. The molecule has 1 aliphatic rings. The first-order valence-electron chi connectivity index (χ1n) is 6.48. The largest absolute Gasteiger partial charge is 0.486 e. The number of ether oxygens (including phenoxy) is 2. The average molecular weight is 264 g/mol. The third kappa shape index (κ3) is 3.40. The van der Waals surface area contributed by atoms with Crippen molar-refractivity contribution < 1.29 is 19.4 Å². The summed E-state index contributed by atoms with van der Waals surface area (Å²) >= 11 is 0. The molecule has 4 nitrogen and oxygen atoms in total. The van der Waals surface area contributed by atoms with Crippen LogP contribution in [0.15, 0.2) is 12.1 Å². The van der Waals surface area contributed by atoms with Crippen molar-refractivity contribution in [2.45, 2.75) is 33.6 Å². The Labute approximate surface area is 113 Å². The van der Waals surface area contributed by atoms with Crippen molar-refractivity contribution in [1.29, 1.82) is 0 Å². The van der Waals surface area contributed by atoms with Gasteiger partial charge in [0.1, 0.15) is 13.2 Å². The third-order valence-corrected chi connectivity index (χ3v) is 3.30. The lowest BCUT2D eigenvalue weighted by Crippen LogP contribution is -2.21. The van der Waals surface area contributed by atoms with Crippen LogP contribution in [-0.2, 0) is 11.2 Å². The van der Waals surface area contributed by atoms with Gasteiger partial charge in [0.2, 0.25) is 0 Å². The molecule has 1 aromatic carbocycles. The van der Waals surface area contributed by atoms with Crippen molar-refractivity contribution in [3.8, 4) is 11.5 Å². The highest BCUT2D eigenvalue weighted by Crippen LogP contribution is 2.36. The summed E-state index contributed by atoms with van der Waals surface area (Å²) in [7, 11) is 0. The van der Waals surface area contributed by atoms with Crippen LogP contribution >= 0.6 is 0 Å². The lowest BCUT2D eigenvalue weighted by atomic mass is 9.81. The Morgan fingerprint density at radius 2 is 1.84 bits per heavy atom. The van der Waals surface area contributed by atoms with Gasteiger partial charge in [-0.25, -0.2) is 0 Å².